The maximum atomic E-state index is 12.2. The Morgan fingerprint density at radius 2 is 2.10 bits per heavy atom. The number of rotatable bonds is 6. The first-order valence-electron chi connectivity index (χ1n) is 6.92. The SMILES string of the molecule is CCCNc1cc(C(=O)NCc2ccccc2Br)ccn1. The van der Waals surface area contributed by atoms with Crippen molar-refractivity contribution in [1.29, 1.82) is 0 Å². The molecule has 4 nitrogen and oxygen atoms in total. The second-order valence-electron chi connectivity index (χ2n) is 4.63. The molecule has 21 heavy (non-hydrogen) atoms. The molecule has 2 N–H and O–H groups in total. The molecule has 0 atom stereocenters. The summed E-state index contributed by atoms with van der Waals surface area (Å²) >= 11 is 3.47. The van der Waals surface area contributed by atoms with Crippen LogP contribution in [0, 0.1) is 0 Å². The van der Waals surface area contributed by atoms with E-state index < -0.39 is 0 Å². The zero-order valence-corrected chi connectivity index (χ0v) is 13.5. The van der Waals surface area contributed by atoms with Gasteiger partial charge in [-0.15, -0.1) is 0 Å². The van der Waals surface area contributed by atoms with Gasteiger partial charge in [-0.1, -0.05) is 41.1 Å². The molecule has 0 unspecified atom stereocenters. The van der Waals surface area contributed by atoms with E-state index in [4.69, 9.17) is 0 Å². The first-order valence-corrected chi connectivity index (χ1v) is 7.71. The van der Waals surface area contributed by atoms with Crippen molar-refractivity contribution >= 4 is 27.7 Å². The molecule has 1 aromatic heterocycles. The van der Waals surface area contributed by atoms with Gasteiger partial charge >= 0.3 is 0 Å². The lowest BCUT2D eigenvalue weighted by atomic mass is 10.2. The largest absolute Gasteiger partial charge is 0.370 e. The Labute approximate surface area is 133 Å². The summed E-state index contributed by atoms with van der Waals surface area (Å²) in [5.74, 6) is 0.623. The molecule has 1 heterocycles. The van der Waals surface area contributed by atoms with Crippen LogP contribution in [0.3, 0.4) is 0 Å². The highest BCUT2D eigenvalue weighted by atomic mass is 79.9. The monoisotopic (exact) mass is 347 g/mol. The molecular formula is C16H18BrN3O. The number of pyridine rings is 1. The fourth-order valence-corrected chi connectivity index (χ4v) is 2.27. The summed E-state index contributed by atoms with van der Waals surface area (Å²) in [5.41, 5.74) is 1.65. The van der Waals surface area contributed by atoms with E-state index in [9.17, 15) is 4.79 Å². The molecule has 1 amide bonds. The summed E-state index contributed by atoms with van der Waals surface area (Å²) in [6.07, 6.45) is 2.66. The topological polar surface area (TPSA) is 54.0 Å². The van der Waals surface area contributed by atoms with E-state index in [1.165, 1.54) is 0 Å². The molecular weight excluding hydrogens is 330 g/mol. The van der Waals surface area contributed by atoms with E-state index in [-0.39, 0.29) is 5.91 Å². The highest BCUT2D eigenvalue weighted by Gasteiger charge is 2.07. The van der Waals surface area contributed by atoms with Gasteiger partial charge in [0.05, 0.1) is 0 Å². The average molecular weight is 348 g/mol. The van der Waals surface area contributed by atoms with E-state index in [1.807, 2.05) is 24.3 Å². The van der Waals surface area contributed by atoms with Crippen LogP contribution < -0.4 is 10.6 Å². The van der Waals surface area contributed by atoms with Gasteiger partial charge in [-0.3, -0.25) is 4.79 Å². The van der Waals surface area contributed by atoms with E-state index in [0.717, 1.165) is 28.8 Å². The third-order valence-electron chi connectivity index (χ3n) is 2.98. The Bertz CT molecular complexity index is 616. The third-order valence-corrected chi connectivity index (χ3v) is 3.75. The van der Waals surface area contributed by atoms with Crippen LogP contribution >= 0.6 is 15.9 Å². The van der Waals surface area contributed by atoms with Crippen molar-refractivity contribution in [3.63, 3.8) is 0 Å². The van der Waals surface area contributed by atoms with E-state index in [2.05, 4.69) is 38.5 Å². The molecule has 0 saturated carbocycles. The molecule has 0 saturated heterocycles. The molecule has 2 aromatic rings. The normalized spacial score (nSPS) is 10.2. The fourth-order valence-electron chi connectivity index (χ4n) is 1.84. The first kappa shape index (κ1) is 15.5. The Balaban J connectivity index is 1.98. The zero-order valence-electron chi connectivity index (χ0n) is 11.9. The number of halogens is 1. The number of nitrogens with one attached hydrogen (secondary N) is 2. The van der Waals surface area contributed by atoms with Gasteiger partial charge in [0.25, 0.3) is 5.91 Å². The Kier molecular flexibility index (Phi) is 5.75. The van der Waals surface area contributed by atoms with Gasteiger partial charge in [0, 0.05) is 29.3 Å². The fraction of sp³-hybridized carbons (Fsp3) is 0.250. The molecule has 0 fully saturated rings. The van der Waals surface area contributed by atoms with E-state index in [0.29, 0.717) is 12.1 Å². The number of carbonyl (C=O) groups is 1. The van der Waals surface area contributed by atoms with Crippen molar-refractivity contribution in [2.24, 2.45) is 0 Å². The lowest BCUT2D eigenvalue weighted by molar-refractivity contribution is 0.0951. The van der Waals surface area contributed by atoms with Crippen molar-refractivity contribution < 1.29 is 4.79 Å². The van der Waals surface area contributed by atoms with Crippen LogP contribution in [0.2, 0.25) is 0 Å². The molecule has 0 spiro atoms. The van der Waals surface area contributed by atoms with Crippen molar-refractivity contribution in [2.75, 3.05) is 11.9 Å². The Hall–Kier alpha value is -1.88. The molecule has 5 heteroatoms. The van der Waals surface area contributed by atoms with Gasteiger partial charge in [-0.2, -0.15) is 0 Å². The summed E-state index contributed by atoms with van der Waals surface area (Å²) in [6.45, 7) is 3.41. The van der Waals surface area contributed by atoms with Crippen LogP contribution in [0.1, 0.15) is 29.3 Å². The number of hydrogen-bond donors (Lipinski definition) is 2. The van der Waals surface area contributed by atoms with E-state index >= 15 is 0 Å². The van der Waals surface area contributed by atoms with Crippen LogP contribution in [0.25, 0.3) is 0 Å². The molecule has 110 valence electrons. The van der Waals surface area contributed by atoms with Gasteiger partial charge in [-0.25, -0.2) is 4.98 Å². The highest BCUT2D eigenvalue weighted by Crippen LogP contribution is 2.15. The minimum atomic E-state index is -0.104. The third kappa shape index (κ3) is 4.56. The number of hydrogen-bond acceptors (Lipinski definition) is 3. The molecule has 0 aliphatic carbocycles. The van der Waals surface area contributed by atoms with Crippen molar-refractivity contribution in [3.05, 3.63) is 58.2 Å². The lowest BCUT2D eigenvalue weighted by Gasteiger charge is -2.08. The minimum absolute atomic E-state index is 0.104. The molecule has 0 bridgehead atoms. The number of amides is 1. The second kappa shape index (κ2) is 7.78. The molecule has 2 rings (SSSR count). The summed E-state index contributed by atoms with van der Waals surface area (Å²) in [4.78, 5) is 16.4. The van der Waals surface area contributed by atoms with Crippen LogP contribution in [-0.4, -0.2) is 17.4 Å². The Morgan fingerprint density at radius 1 is 1.29 bits per heavy atom. The number of aromatic nitrogens is 1. The lowest BCUT2D eigenvalue weighted by Crippen LogP contribution is -2.23. The van der Waals surface area contributed by atoms with Crippen molar-refractivity contribution in [1.82, 2.24) is 10.3 Å². The van der Waals surface area contributed by atoms with Crippen molar-refractivity contribution in [2.45, 2.75) is 19.9 Å². The maximum absolute atomic E-state index is 12.2. The predicted octanol–water partition coefficient (Wildman–Crippen LogP) is 3.60. The first-order chi connectivity index (χ1) is 10.2. The number of benzene rings is 1. The Morgan fingerprint density at radius 3 is 2.86 bits per heavy atom. The highest BCUT2D eigenvalue weighted by molar-refractivity contribution is 9.10. The second-order valence-corrected chi connectivity index (χ2v) is 5.48. The van der Waals surface area contributed by atoms with Crippen LogP contribution in [0.15, 0.2) is 47.1 Å². The van der Waals surface area contributed by atoms with Crippen LogP contribution in [0.5, 0.6) is 0 Å². The quantitative estimate of drug-likeness (QED) is 0.839. The zero-order chi connectivity index (χ0) is 15.1. The van der Waals surface area contributed by atoms with Crippen LogP contribution in [-0.2, 0) is 6.54 Å². The summed E-state index contributed by atoms with van der Waals surface area (Å²) in [7, 11) is 0. The number of carbonyl (C=O) groups excluding carboxylic acids is 1. The van der Waals surface area contributed by atoms with Crippen molar-refractivity contribution in [3.8, 4) is 0 Å². The smallest absolute Gasteiger partial charge is 0.251 e. The summed E-state index contributed by atoms with van der Waals surface area (Å²) in [5, 5.41) is 6.09. The maximum Gasteiger partial charge on any atom is 0.251 e. The van der Waals surface area contributed by atoms with E-state index in [1.54, 1.807) is 18.3 Å². The summed E-state index contributed by atoms with van der Waals surface area (Å²) in [6, 6.07) is 11.3. The molecule has 0 aliphatic rings. The summed E-state index contributed by atoms with van der Waals surface area (Å²) < 4.78 is 0.991. The van der Waals surface area contributed by atoms with Gasteiger partial charge in [0.1, 0.15) is 5.82 Å². The minimum Gasteiger partial charge on any atom is -0.370 e. The molecule has 0 radical (unpaired) electrons. The standard InChI is InChI=1S/C16H18BrN3O/c1-2-8-18-15-10-12(7-9-19-15)16(21)20-11-13-5-3-4-6-14(13)17/h3-7,9-10H,2,8,11H2,1H3,(H,18,19)(H,20,21). The van der Waals surface area contributed by atoms with Gasteiger partial charge < -0.3 is 10.6 Å². The number of nitrogens with zero attached hydrogens (tertiary/aromatic N) is 1. The van der Waals surface area contributed by atoms with Gasteiger partial charge in [-0.05, 0) is 30.2 Å². The average Bonchev–Trinajstić information content (AvgIpc) is 2.52. The molecule has 0 aliphatic heterocycles. The van der Waals surface area contributed by atoms with Gasteiger partial charge in [0.15, 0.2) is 0 Å². The number of anilines is 1. The predicted molar refractivity (Wildman–Crippen MR) is 88.3 cm³/mol. The molecule has 1 aromatic carbocycles. The van der Waals surface area contributed by atoms with Crippen LogP contribution in [0.4, 0.5) is 5.82 Å². The van der Waals surface area contributed by atoms with Gasteiger partial charge in [0.2, 0.25) is 0 Å².